The molecule has 53 heavy (non-hydrogen) atoms. The Labute approximate surface area is 312 Å². The van der Waals surface area contributed by atoms with Crippen LogP contribution in [0.2, 0.25) is 0 Å². The maximum absolute atomic E-state index is 12.4. The number of aryl methyl sites for hydroxylation is 1. The van der Waals surface area contributed by atoms with Crippen LogP contribution >= 0.6 is 0 Å². The molecule has 8 rings (SSSR count). The number of nitrogens with zero attached hydrogens (tertiary/aromatic N) is 6. The van der Waals surface area contributed by atoms with E-state index < -0.39 is 5.60 Å². The molecular weight excluding hydrogens is 665 g/mol. The predicted molar refractivity (Wildman–Crippen MR) is 207 cm³/mol. The lowest BCUT2D eigenvalue weighted by Gasteiger charge is -2.60. The van der Waals surface area contributed by atoms with Gasteiger partial charge >= 0.3 is 6.09 Å². The molecule has 0 bridgehead atoms. The van der Waals surface area contributed by atoms with Crippen molar-refractivity contribution in [1.82, 2.24) is 24.6 Å². The van der Waals surface area contributed by atoms with Crippen molar-refractivity contribution < 1.29 is 19.0 Å². The molecule has 276 valence electrons. The smallest absolute Gasteiger partial charge is 0.410 e. The number of hydrogen-bond donors (Lipinski definition) is 0. The molecule has 0 atom stereocenters. The second-order valence-electron chi connectivity index (χ2n) is 16.2. The summed E-state index contributed by atoms with van der Waals surface area (Å²) in [5, 5.41) is 6.06. The van der Waals surface area contributed by atoms with Gasteiger partial charge in [-0.05, 0) is 74.9 Å². The van der Waals surface area contributed by atoms with Crippen LogP contribution in [0.4, 0.5) is 10.5 Å². The molecule has 3 aliphatic heterocycles. The predicted octanol–water partition coefficient (Wildman–Crippen LogP) is 7.56. The van der Waals surface area contributed by atoms with Gasteiger partial charge in [-0.3, -0.25) is 4.68 Å². The first-order valence-electron chi connectivity index (χ1n) is 18.9. The van der Waals surface area contributed by atoms with Crippen molar-refractivity contribution in [1.29, 1.82) is 0 Å². The molecule has 3 fully saturated rings. The fraction of sp³-hybridized carbons (Fsp3) is 0.419. The van der Waals surface area contributed by atoms with E-state index in [1.807, 2.05) is 110 Å². The van der Waals surface area contributed by atoms with Crippen molar-refractivity contribution in [2.24, 2.45) is 18.4 Å². The van der Waals surface area contributed by atoms with Crippen LogP contribution in [0, 0.1) is 11.3 Å². The average molecular weight is 715 g/mol. The lowest BCUT2D eigenvalue weighted by atomic mass is 9.72. The summed E-state index contributed by atoms with van der Waals surface area (Å²) in [4.78, 5) is 24.2. The Morgan fingerprint density at radius 1 is 0.830 bits per heavy atom. The van der Waals surface area contributed by atoms with E-state index in [1.165, 1.54) is 18.5 Å². The molecule has 5 heterocycles. The molecule has 1 spiro atoms. The van der Waals surface area contributed by atoms with E-state index in [0.717, 1.165) is 79.1 Å². The minimum Gasteiger partial charge on any atom is -0.473 e. The summed E-state index contributed by atoms with van der Waals surface area (Å²) in [5.41, 5.74) is 5.95. The van der Waals surface area contributed by atoms with Crippen molar-refractivity contribution >= 4 is 22.7 Å². The number of ether oxygens (including phenoxy) is 3. The van der Waals surface area contributed by atoms with E-state index in [-0.39, 0.29) is 11.5 Å². The van der Waals surface area contributed by atoms with Gasteiger partial charge in [0.25, 0.3) is 0 Å². The summed E-state index contributed by atoms with van der Waals surface area (Å²) in [6.07, 6.45) is 2.17. The maximum atomic E-state index is 12.4. The lowest BCUT2D eigenvalue weighted by molar-refractivity contribution is -0.116. The van der Waals surface area contributed by atoms with Gasteiger partial charge in [0.2, 0.25) is 11.8 Å². The number of pyridine rings is 1. The SMILES string of the molecule is Cn1nc(-c2ccc(OCc3ccccc3)nc2OCc2ccccc2)c2ccc(N3CCC(CN4CC5(C4)CN(C(=O)OC(C)(C)C)C5)CC3)cc21. The first kappa shape index (κ1) is 35.0. The van der Waals surface area contributed by atoms with Gasteiger partial charge in [0.15, 0.2) is 0 Å². The van der Waals surface area contributed by atoms with Gasteiger partial charge in [-0.25, -0.2) is 4.79 Å². The van der Waals surface area contributed by atoms with E-state index in [0.29, 0.717) is 30.9 Å². The van der Waals surface area contributed by atoms with Crippen molar-refractivity contribution in [3.63, 3.8) is 0 Å². The number of fused-ring (bicyclic) bond motifs is 1. The summed E-state index contributed by atoms with van der Waals surface area (Å²) < 4.78 is 20.0. The topological polar surface area (TPSA) is 85.2 Å². The van der Waals surface area contributed by atoms with Crippen LogP contribution in [-0.4, -0.2) is 82.1 Å². The Morgan fingerprint density at radius 3 is 2.15 bits per heavy atom. The van der Waals surface area contributed by atoms with Crippen LogP contribution in [-0.2, 0) is 25.0 Å². The average Bonchev–Trinajstić information content (AvgIpc) is 3.45. The summed E-state index contributed by atoms with van der Waals surface area (Å²) in [6.45, 7) is 13.6. The van der Waals surface area contributed by atoms with E-state index in [2.05, 4.69) is 28.0 Å². The normalized spacial score (nSPS) is 17.4. The van der Waals surface area contributed by atoms with E-state index in [1.54, 1.807) is 0 Å². The van der Waals surface area contributed by atoms with Crippen LogP contribution in [0.25, 0.3) is 22.2 Å². The van der Waals surface area contributed by atoms with Gasteiger partial charge in [-0.2, -0.15) is 10.1 Å². The van der Waals surface area contributed by atoms with Gasteiger partial charge in [-0.1, -0.05) is 60.7 Å². The number of rotatable bonds is 10. The molecule has 0 N–H and O–H groups in total. The number of aromatic nitrogens is 3. The Morgan fingerprint density at radius 2 is 1.49 bits per heavy atom. The summed E-state index contributed by atoms with van der Waals surface area (Å²) >= 11 is 0. The second-order valence-corrected chi connectivity index (χ2v) is 16.2. The molecule has 3 saturated heterocycles. The minimum absolute atomic E-state index is 0.178. The second kappa shape index (κ2) is 14.4. The molecule has 3 aromatic carbocycles. The zero-order chi connectivity index (χ0) is 36.6. The first-order chi connectivity index (χ1) is 25.6. The van der Waals surface area contributed by atoms with Crippen molar-refractivity contribution in [2.45, 2.75) is 52.4 Å². The fourth-order valence-corrected chi connectivity index (χ4v) is 8.08. The molecule has 2 aromatic heterocycles. The number of carbonyl (C=O) groups is 1. The lowest BCUT2D eigenvalue weighted by Crippen LogP contribution is -2.73. The molecule has 0 radical (unpaired) electrons. The number of anilines is 1. The third-order valence-corrected chi connectivity index (χ3v) is 10.7. The summed E-state index contributed by atoms with van der Waals surface area (Å²) in [5.74, 6) is 1.70. The third-order valence-electron chi connectivity index (χ3n) is 10.7. The van der Waals surface area contributed by atoms with E-state index in [4.69, 9.17) is 24.3 Å². The Hall–Kier alpha value is -5.09. The van der Waals surface area contributed by atoms with Crippen molar-refractivity contribution in [3.05, 3.63) is 102 Å². The Kier molecular flexibility index (Phi) is 9.49. The standard InChI is InChI=1S/C43H50N6O4/c1-42(2,3)53-41(50)49-29-43(30-49)27-47(28-43)24-31-19-21-48(22-20-31)34-15-16-35-37(23-34)46(4)45-39(35)36-17-18-38(51-25-32-11-7-5-8-12-32)44-40(36)52-26-33-13-9-6-10-14-33/h5-18,23,31H,19-22,24-30H2,1-4H3. The number of piperidine rings is 1. The highest BCUT2D eigenvalue weighted by molar-refractivity contribution is 5.96. The zero-order valence-corrected chi connectivity index (χ0v) is 31.3. The van der Waals surface area contributed by atoms with Crippen LogP contribution in [0.3, 0.4) is 0 Å². The van der Waals surface area contributed by atoms with Gasteiger partial charge in [0.1, 0.15) is 24.5 Å². The molecule has 1 amide bonds. The van der Waals surface area contributed by atoms with E-state index >= 15 is 0 Å². The highest BCUT2D eigenvalue weighted by Crippen LogP contribution is 2.41. The molecular formula is C43H50N6O4. The van der Waals surface area contributed by atoms with Gasteiger partial charge in [-0.15, -0.1) is 0 Å². The highest BCUT2D eigenvalue weighted by atomic mass is 16.6. The number of carbonyl (C=O) groups excluding carboxylic acids is 1. The largest absolute Gasteiger partial charge is 0.473 e. The number of likely N-dealkylation sites (tertiary alicyclic amines) is 2. The Balaban J connectivity index is 0.908. The first-order valence-corrected chi connectivity index (χ1v) is 18.9. The summed E-state index contributed by atoms with van der Waals surface area (Å²) in [7, 11) is 2.01. The quantitative estimate of drug-likeness (QED) is 0.147. The van der Waals surface area contributed by atoms with Crippen LogP contribution in [0.15, 0.2) is 91.0 Å². The minimum atomic E-state index is -0.446. The Bertz CT molecular complexity index is 2040. The van der Waals surface area contributed by atoms with Crippen LogP contribution in [0.1, 0.15) is 44.7 Å². The van der Waals surface area contributed by atoms with E-state index in [9.17, 15) is 4.79 Å². The molecule has 10 nitrogen and oxygen atoms in total. The number of benzene rings is 3. The van der Waals surface area contributed by atoms with Gasteiger partial charge in [0.05, 0.1) is 11.1 Å². The van der Waals surface area contributed by atoms with Crippen molar-refractivity contribution in [3.8, 4) is 23.0 Å². The fourth-order valence-electron chi connectivity index (χ4n) is 8.08. The van der Waals surface area contributed by atoms with Gasteiger partial charge < -0.3 is 28.9 Å². The zero-order valence-electron chi connectivity index (χ0n) is 31.3. The van der Waals surface area contributed by atoms with Gasteiger partial charge in [0, 0.05) is 75.4 Å². The molecule has 0 saturated carbocycles. The molecule has 0 unspecified atom stereocenters. The third kappa shape index (κ3) is 7.83. The highest BCUT2D eigenvalue weighted by Gasteiger charge is 2.54. The molecule has 0 aliphatic carbocycles. The van der Waals surface area contributed by atoms with Crippen LogP contribution < -0.4 is 14.4 Å². The molecule has 3 aliphatic rings. The number of amides is 1. The monoisotopic (exact) mass is 714 g/mol. The number of hydrogen-bond acceptors (Lipinski definition) is 8. The summed E-state index contributed by atoms with van der Waals surface area (Å²) in [6, 6.07) is 30.8. The molecule has 10 heteroatoms. The molecule has 5 aromatic rings. The van der Waals surface area contributed by atoms with Crippen molar-refractivity contribution in [2.75, 3.05) is 50.7 Å². The van der Waals surface area contributed by atoms with Crippen LogP contribution in [0.5, 0.6) is 11.8 Å². The maximum Gasteiger partial charge on any atom is 0.410 e.